The summed E-state index contributed by atoms with van der Waals surface area (Å²) in [6.45, 7) is 5.31. The molecule has 5 nitrogen and oxygen atoms in total. The number of nitrogens with one attached hydrogen (secondary N) is 2. The summed E-state index contributed by atoms with van der Waals surface area (Å²) in [5.41, 5.74) is 0. The first-order valence-electron chi connectivity index (χ1n) is 7.03. The van der Waals surface area contributed by atoms with Crippen molar-refractivity contribution in [1.29, 1.82) is 0 Å². The van der Waals surface area contributed by atoms with Crippen LogP contribution in [0.2, 0.25) is 15.1 Å². The summed E-state index contributed by atoms with van der Waals surface area (Å²) < 4.78 is 5.37. The SMILES string of the molecule is Cl.O=C(COc1cc(Cl)c(Cl)cc1Cl)NCCN1CCNCC1. The number of ether oxygens (including phenoxy) is 1. The van der Waals surface area contributed by atoms with E-state index < -0.39 is 0 Å². The summed E-state index contributed by atoms with van der Waals surface area (Å²) in [5.74, 6) is 0.144. The minimum atomic E-state index is -0.197. The van der Waals surface area contributed by atoms with Crippen LogP contribution in [0.5, 0.6) is 5.75 Å². The molecular formula is C14H19Cl4N3O2. The number of piperazine rings is 1. The van der Waals surface area contributed by atoms with Crippen molar-refractivity contribution in [2.45, 2.75) is 0 Å². The minimum Gasteiger partial charge on any atom is -0.482 e. The quantitative estimate of drug-likeness (QED) is 0.717. The summed E-state index contributed by atoms with van der Waals surface area (Å²) in [4.78, 5) is 14.1. The normalized spacial score (nSPS) is 14.9. The number of hydrogen-bond acceptors (Lipinski definition) is 4. The van der Waals surface area contributed by atoms with Gasteiger partial charge in [0, 0.05) is 45.3 Å². The number of nitrogens with zero attached hydrogens (tertiary/aromatic N) is 1. The van der Waals surface area contributed by atoms with E-state index in [-0.39, 0.29) is 24.9 Å². The molecule has 1 aliphatic rings. The van der Waals surface area contributed by atoms with E-state index in [4.69, 9.17) is 39.5 Å². The zero-order valence-corrected chi connectivity index (χ0v) is 15.5. The van der Waals surface area contributed by atoms with Crippen LogP contribution in [0.4, 0.5) is 0 Å². The van der Waals surface area contributed by atoms with Crippen molar-refractivity contribution in [1.82, 2.24) is 15.5 Å². The van der Waals surface area contributed by atoms with Crippen LogP contribution in [0.25, 0.3) is 0 Å². The maximum absolute atomic E-state index is 11.8. The van der Waals surface area contributed by atoms with E-state index in [1.165, 1.54) is 12.1 Å². The topological polar surface area (TPSA) is 53.6 Å². The largest absolute Gasteiger partial charge is 0.482 e. The molecule has 2 N–H and O–H groups in total. The summed E-state index contributed by atoms with van der Waals surface area (Å²) in [6.07, 6.45) is 0. The molecular weight excluding hydrogens is 384 g/mol. The number of benzene rings is 1. The zero-order chi connectivity index (χ0) is 15.9. The Balaban J connectivity index is 0.00000264. The van der Waals surface area contributed by atoms with Crippen LogP contribution in [-0.4, -0.2) is 56.7 Å². The summed E-state index contributed by atoms with van der Waals surface area (Å²) >= 11 is 17.7. The van der Waals surface area contributed by atoms with Gasteiger partial charge in [0.15, 0.2) is 6.61 Å². The Morgan fingerprint density at radius 2 is 1.83 bits per heavy atom. The van der Waals surface area contributed by atoms with Gasteiger partial charge in [-0.1, -0.05) is 34.8 Å². The molecule has 1 saturated heterocycles. The smallest absolute Gasteiger partial charge is 0.257 e. The summed E-state index contributed by atoms with van der Waals surface area (Å²) in [7, 11) is 0. The molecule has 2 rings (SSSR count). The van der Waals surface area contributed by atoms with Gasteiger partial charge in [0.25, 0.3) is 5.91 Å². The van der Waals surface area contributed by atoms with Crippen LogP contribution in [-0.2, 0) is 4.79 Å². The molecule has 0 aromatic heterocycles. The van der Waals surface area contributed by atoms with Crippen molar-refractivity contribution >= 4 is 53.1 Å². The van der Waals surface area contributed by atoms with Gasteiger partial charge in [-0.25, -0.2) is 0 Å². The molecule has 0 saturated carbocycles. The molecule has 23 heavy (non-hydrogen) atoms. The van der Waals surface area contributed by atoms with Crippen molar-refractivity contribution < 1.29 is 9.53 Å². The van der Waals surface area contributed by atoms with E-state index in [2.05, 4.69) is 15.5 Å². The Morgan fingerprint density at radius 1 is 1.17 bits per heavy atom. The lowest BCUT2D eigenvalue weighted by Gasteiger charge is -2.27. The monoisotopic (exact) mass is 401 g/mol. The van der Waals surface area contributed by atoms with Crippen LogP contribution in [0, 0.1) is 0 Å². The van der Waals surface area contributed by atoms with E-state index in [1.54, 1.807) is 0 Å². The van der Waals surface area contributed by atoms with Gasteiger partial charge in [-0.2, -0.15) is 0 Å². The highest BCUT2D eigenvalue weighted by molar-refractivity contribution is 6.43. The fraction of sp³-hybridized carbons (Fsp3) is 0.500. The van der Waals surface area contributed by atoms with Gasteiger partial charge < -0.3 is 15.4 Å². The number of amides is 1. The lowest BCUT2D eigenvalue weighted by atomic mass is 10.3. The van der Waals surface area contributed by atoms with Crippen molar-refractivity contribution in [2.75, 3.05) is 45.9 Å². The van der Waals surface area contributed by atoms with Crippen molar-refractivity contribution in [3.8, 4) is 5.75 Å². The molecule has 1 amide bonds. The lowest BCUT2D eigenvalue weighted by Crippen LogP contribution is -2.46. The summed E-state index contributed by atoms with van der Waals surface area (Å²) in [5, 5.41) is 7.10. The van der Waals surface area contributed by atoms with Crippen LogP contribution < -0.4 is 15.4 Å². The molecule has 0 radical (unpaired) electrons. The Morgan fingerprint density at radius 3 is 2.52 bits per heavy atom. The molecule has 0 atom stereocenters. The van der Waals surface area contributed by atoms with Crippen molar-refractivity contribution in [3.05, 3.63) is 27.2 Å². The number of hydrogen-bond donors (Lipinski definition) is 2. The van der Waals surface area contributed by atoms with Crippen LogP contribution >= 0.6 is 47.2 Å². The molecule has 0 unspecified atom stereocenters. The van der Waals surface area contributed by atoms with Crippen LogP contribution in [0.1, 0.15) is 0 Å². The highest BCUT2D eigenvalue weighted by Crippen LogP contribution is 2.33. The number of carbonyl (C=O) groups excluding carboxylic acids is 1. The summed E-state index contributed by atoms with van der Waals surface area (Å²) in [6, 6.07) is 2.99. The second kappa shape index (κ2) is 10.4. The van der Waals surface area contributed by atoms with Crippen LogP contribution in [0.15, 0.2) is 12.1 Å². The molecule has 9 heteroatoms. The number of halogens is 4. The Hall–Kier alpha value is -0.430. The Labute approximate surface area is 157 Å². The third kappa shape index (κ3) is 6.91. The van der Waals surface area contributed by atoms with E-state index >= 15 is 0 Å². The van der Waals surface area contributed by atoms with Gasteiger partial charge in [0.2, 0.25) is 0 Å². The molecule has 130 valence electrons. The average molecular weight is 403 g/mol. The average Bonchev–Trinajstić information content (AvgIpc) is 2.50. The fourth-order valence-corrected chi connectivity index (χ4v) is 2.69. The first kappa shape index (κ1) is 20.6. The van der Waals surface area contributed by atoms with Crippen molar-refractivity contribution in [3.63, 3.8) is 0 Å². The molecule has 0 bridgehead atoms. The number of carbonyl (C=O) groups is 1. The Bertz CT molecular complexity index is 525. The van der Waals surface area contributed by atoms with E-state index in [0.717, 1.165) is 32.7 Å². The van der Waals surface area contributed by atoms with Crippen LogP contribution in [0.3, 0.4) is 0 Å². The Kier molecular flexibility index (Phi) is 9.36. The van der Waals surface area contributed by atoms with E-state index in [1.807, 2.05) is 0 Å². The predicted molar refractivity (Wildman–Crippen MR) is 96.5 cm³/mol. The van der Waals surface area contributed by atoms with E-state index in [9.17, 15) is 4.79 Å². The van der Waals surface area contributed by atoms with Gasteiger partial charge in [0.1, 0.15) is 5.75 Å². The van der Waals surface area contributed by atoms with Crippen molar-refractivity contribution in [2.24, 2.45) is 0 Å². The molecule has 0 spiro atoms. The van der Waals surface area contributed by atoms with Gasteiger partial charge in [-0.05, 0) is 6.07 Å². The molecule has 1 fully saturated rings. The highest BCUT2D eigenvalue weighted by atomic mass is 35.5. The van der Waals surface area contributed by atoms with Gasteiger partial charge in [0.05, 0.1) is 15.1 Å². The maximum atomic E-state index is 11.8. The minimum absolute atomic E-state index is 0. The zero-order valence-electron chi connectivity index (χ0n) is 12.4. The molecule has 1 aromatic carbocycles. The standard InChI is InChI=1S/C14H18Cl3N3O2.ClH/c15-10-7-12(17)13(8-11(10)16)22-9-14(21)19-3-6-20-4-1-18-2-5-20;/h7-8,18H,1-6,9H2,(H,19,21);1H. The predicted octanol–water partition coefficient (Wildman–Crippen LogP) is 2.47. The second-order valence-corrected chi connectivity index (χ2v) is 6.15. The second-order valence-electron chi connectivity index (χ2n) is 4.93. The van der Waals surface area contributed by atoms with Gasteiger partial charge in [-0.3, -0.25) is 9.69 Å². The number of rotatable bonds is 6. The fourth-order valence-electron chi connectivity index (χ4n) is 2.10. The maximum Gasteiger partial charge on any atom is 0.257 e. The molecule has 1 heterocycles. The molecule has 1 aliphatic heterocycles. The van der Waals surface area contributed by atoms with Gasteiger partial charge >= 0.3 is 0 Å². The molecule has 0 aliphatic carbocycles. The lowest BCUT2D eigenvalue weighted by molar-refractivity contribution is -0.123. The van der Waals surface area contributed by atoms with E-state index in [0.29, 0.717) is 27.4 Å². The third-order valence-corrected chi connectivity index (χ3v) is 4.31. The molecule has 1 aromatic rings. The first-order chi connectivity index (χ1) is 10.6. The first-order valence-corrected chi connectivity index (χ1v) is 8.17. The third-order valence-electron chi connectivity index (χ3n) is 3.29. The van der Waals surface area contributed by atoms with Gasteiger partial charge in [-0.15, -0.1) is 12.4 Å². The highest BCUT2D eigenvalue weighted by Gasteiger charge is 2.11.